The number of hydrogen-bond donors (Lipinski definition) is 2. The van der Waals surface area contributed by atoms with Gasteiger partial charge in [-0.2, -0.15) is 0 Å². The van der Waals surface area contributed by atoms with E-state index in [1.165, 1.54) is 0 Å². The SMILES string of the molecule is COc1cc(C[NH2+]C(C)C)c(Br)cc1OCCO. The number of quaternary nitrogens is 1. The molecule has 1 aromatic rings. The van der Waals surface area contributed by atoms with Crippen molar-refractivity contribution in [3.8, 4) is 11.5 Å². The summed E-state index contributed by atoms with van der Waals surface area (Å²) < 4.78 is 11.7. The molecule has 0 aromatic heterocycles. The standard InChI is InChI=1S/C13H20BrNO3/c1-9(2)15-8-10-6-12(17-3)13(7-11(10)14)18-5-4-16/h6-7,9,15-16H,4-5,8H2,1-3H3/p+1. The van der Waals surface area contributed by atoms with Crippen LogP contribution < -0.4 is 14.8 Å². The highest BCUT2D eigenvalue weighted by Gasteiger charge is 2.11. The predicted octanol–water partition coefficient (Wildman–Crippen LogP) is 1.30. The average molecular weight is 319 g/mol. The van der Waals surface area contributed by atoms with Crippen LogP contribution in [0.3, 0.4) is 0 Å². The van der Waals surface area contributed by atoms with Crippen LogP contribution in [0.1, 0.15) is 19.4 Å². The summed E-state index contributed by atoms with van der Waals surface area (Å²) in [4.78, 5) is 0. The van der Waals surface area contributed by atoms with Crippen LogP contribution in [0.5, 0.6) is 11.5 Å². The van der Waals surface area contributed by atoms with Crippen molar-refractivity contribution < 1.29 is 19.9 Å². The van der Waals surface area contributed by atoms with E-state index in [0.29, 0.717) is 17.5 Å². The van der Waals surface area contributed by atoms with E-state index in [0.717, 1.165) is 16.6 Å². The molecule has 5 heteroatoms. The average Bonchev–Trinajstić information content (AvgIpc) is 2.34. The summed E-state index contributed by atoms with van der Waals surface area (Å²) in [7, 11) is 1.62. The second kappa shape index (κ2) is 7.61. The van der Waals surface area contributed by atoms with Gasteiger partial charge in [-0.25, -0.2) is 0 Å². The lowest BCUT2D eigenvalue weighted by molar-refractivity contribution is -0.698. The fourth-order valence-electron chi connectivity index (χ4n) is 1.52. The summed E-state index contributed by atoms with van der Waals surface area (Å²) in [6, 6.07) is 4.40. The molecule has 0 saturated carbocycles. The highest BCUT2D eigenvalue weighted by molar-refractivity contribution is 9.10. The van der Waals surface area contributed by atoms with Crippen molar-refractivity contribution in [2.75, 3.05) is 20.3 Å². The van der Waals surface area contributed by atoms with Crippen LogP contribution in [0, 0.1) is 0 Å². The highest BCUT2D eigenvalue weighted by Crippen LogP contribution is 2.33. The van der Waals surface area contributed by atoms with E-state index in [1.54, 1.807) is 7.11 Å². The lowest BCUT2D eigenvalue weighted by atomic mass is 10.2. The molecule has 0 heterocycles. The summed E-state index contributed by atoms with van der Waals surface area (Å²) in [5.41, 5.74) is 1.16. The summed E-state index contributed by atoms with van der Waals surface area (Å²) in [6.45, 7) is 5.45. The Labute approximate surface area is 116 Å². The molecule has 0 fully saturated rings. The Morgan fingerprint density at radius 3 is 2.61 bits per heavy atom. The first-order valence-corrected chi connectivity index (χ1v) is 6.81. The van der Waals surface area contributed by atoms with Crippen LogP contribution >= 0.6 is 15.9 Å². The molecule has 0 aliphatic heterocycles. The molecule has 0 amide bonds. The van der Waals surface area contributed by atoms with E-state index in [-0.39, 0.29) is 13.2 Å². The fourth-order valence-corrected chi connectivity index (χ4v) is 2.01. The van der Waals surface area contributed by atoms with Gasteiger partial charge < -0.3 is 19.9 Å². The zero-order valence-corrected chi connectivity index (χ0v) is 12.7. The maximum Gasteiger partial charge on any atom is 0.162 e. The van der Waals surface area contributed by atoms with Crippen LogP contribution in [-0.2, 0) is 6.54 Å². The molecule has 1 aromatic carbocycles. The zero-order chi connectivity index (χ0) is 13.5. The highest BCUT2D eigenvalue weighted by atomic mass is 79.9. The first-order chi connectivity index (χ1) is 8.58. The largest absolute Gasteiger partial charge is 0.493 e. The van der Waals surface area contributed by atoms with Crippen LogP contribution in [0.25, 0.3) is 0 Å². The van der Waals surface area contributed by atoms with Gasteiger partial charge in [0.25, 0.3) is 0 Å². The van der Waals surface area contributed by atoms with Gasteiger partial charge in [0.15, 0.2) is 11.5 Å². The smallest absolute Gasteiger partial charge is 0.162 e. The van der Waals surface area contributed by atoms with Crippen molar-refractivity contribution in [3.63, 3.8) is 0 Å². The summed E-state index contributed by atoms with van der Waals surface area (Å²) in [5, 5.41) is 11.0. The van der Waals surface area contributed by atoms with Gasteiger partial charge in [0.1, 0.15) is 13.2 Å². The molecule has 4 nitrogen and oxygen atoms in total. The number of aliphatic hydroxyl groups is 1. The van der Waals surface area contributed by atoms with Crippen molar-refractivity contribution in [1.82, 2.24) is 0 Å². The van der Waals surface area contributed by atoms with E-state index < -0.39 is 0 Å². The summed E-state index contributed by atoms with van der Waals surface area (Å²) in [5.74, 6) is 1.34. The number of rotatable bonds is 7. The van der Waals surface area contributed by atoms with Gasteiger partial charge in [-0.3, -0.25) is 0 Å². The first-order valence-electron chi connectivity index (χ1n) is 6.01. The first kappa shape index (κ1) is 15.3. The van der Waals surface area contributed by atoms with Crippen LogP contribution in [-0.4, -0.2) is 31.5 Å². The van der Waals surface area contributed by atoms with Crippen molar-refractivity contribution in [2.24, 2.45) is 0 Å². The molecule has 0 aliphatic carbocycles. The van der Waals surface area contributed by atoms with E-state index >= 15 is 0 Å². The lowest BCUT2D eigenvalue weighted by Crippen LogP contribution is -2.86. The minimum Gasteiger partial charge on any atom is -0.493 e. The molecule has 0 atom stereocenters. The number of aliphatic hydroxyl groups excluding tert-OH is 1. The molecular weight excluding hydrogens is 298 g/mol. The predicted molar refractivity (Wildman–Crippen MR) is 74.0 cm³/mol. The number of benzene rings is 1. The Morgan fingerprint density at radius 1 is 1.33 bits per heavy atom. The molecule has 1 rings (SSSR count). The molecule has 0 saturated heterocycles. The summed E-state index contributed by atoms with van der Waals surface area (Å²) in [6.07, 6.45) is 0. The van der Waals surface area contributed by atoms with Crippen molar-refractivity contribution in [2.45, 2.75) is 26.4 Å². The molecule has 102 valence electrons. The third-order valence-corrected chi connectivity index (χ3v) is 3.23. The monoisotopic (exact) mass is 318 g/mol. The molecule has 3 N–H and O–H groups in total. The van der Waals surface area contributed by atoms with Gasteiger partial charge in [-0.15, -0.1) is 0 Å². The van der Waals surface area contributed by atoms with Crippen molar-refractivity contribution in [3.05, 3.63) is 22.2 Å². The van der Waals surface area contributed by atoms with E-state index in [9.17, 15) is 0 Å². The second-order valence-corrected chi connectivity index (χ2v) is 5.20. The zero-order valence-electron chi connectivity index (χ0n) is 11.1. The quantitative estimate of drug-likeness (QED) is 0.796. The van der Waals surface area contributed by atoms with E-state index in [1.807, 2.05) is 12.1 Å². The second-order valence-electron chi connectivity index (χ2n) is 4.35. The Kier molecular flexibility index (Phi) is 6.46. The molecule has 0 bridgehead atoms. The van der Waals surface area contributed by atoms with Gasteiger partial charge in [0, 0.05) is 10.0 Å². The van der Waals surface area contributed by atoms with Crippen molar-refractivity contribution >= 4 is 15.9 Å². The number of halogens is 1. The van der Waals surface area contributed by atoms with Gasteiger partial charge in [0.2, 0.25) is 0 Å². The van der Waals surface area contributed by atoms with Crippen LogP contribution in [0.2, 0.25) is 0 Å². The molecule has 0 aliphatic rings. The topological polar surface area (TPSA) is 55.3 Å². The molecule has 0 spiro atoms. The van der Waals surface area contributed by atoms with E-state index in [2.05, 4.69) is 35.1 Å². The van der Waals surface area contributed by atoms with E-state index in [4.69, 9.17) is 14.6 Å². The number of nitrogens with two attached hydrogens (primary N) is 1. The van der Waals surface area contributed by atoms with Gasteiger partial charge in [-0.1, -0.05) is 15.9 Å². The molecule has 0 radical (unpaired) electrons. The van der Waals surface area contributed by atoms with Gasteiger partial charge in [-0.05, 0) is 26.0 Å². The molecule has 0 unspecified atom stereocenters. The summed E-state index contributed by atoms with van der Waals surface area (Å²) >= 11 is 3.53. The minimum absolute atomic E-state index is 0.0103. The maximum atomic E-state index is 8.78. The molecule has 18 heavy (non-hydrogen) atoms. The Hall–Kier alpha value is -0.780. The lowest BCUT2D eigenvalue weighted by Gasteiger charge is -2.13. The number of methoxy groups -OCH3 is 1. The third kappa shape index (κ3) is 4.48. The van der Waals surface area contributed by atoms with Crippen molar-refractivity contribution in [1.29, 1.82) is 0 Å². The maximum absolute atomic E-state index is 8.78. The van der Waals surface area contributed by atoms with Gasteiger partial charge in [0.05, 0.1) is 19.8 Å². The number of hydrogen-bond acceptors (Lipinski definition) is 3. The Bertz CT molecular complexity index is 383. The Morgan fingerprint density at radius 2 is 2.06 bits per heavy atom. The van der Waals surface area contributed by atoms with Crippen LogP contribution in [0.15, 0.2) is 16.6 Å². The normalized spacial score (nSPS) is 10.8. The molecular formula is C13H21BrNO3+. The number of ether oxygens (including phenoxy) is 2. The van der Waals surface area contributed by atoms with Gasteiger partial charge >= 0.3 is 0 Å². The fraction of sp³-hybridized carbons (Fsp3) is 0.538. The third-order valence-electron chi connectivity index (χ3n) is 2.49. The Balaban J connectivity index is 2.87. The van der Waals surface area contributed by atoms with Crippen LogP contribution in [0.4, 0.5) is 0 Å². The minimum atomic E-state index is -0.0103.